The minimum Gasteiger partial charge on any atom is -0.462 e. The number of rotatable bonds is 35. The third-order valence-corrected chi connectivity index (χ3v) is 8.68. The van der Waals surface area contributed by atoms with Crippen LogP contribution in [0.1, 0.15) is 129 Å². The molecule has 0 aromatic carbocycles. The molecule has 0 aliphatic carbocycles. The van der Waals surface area contributed by atoms with Gasteiger partial charge in [0.1, 0.15) is 6.61 Å². The molecule has 1 N–H and O–H groups in total. The van der Waals surface area contributed by atoms with Crippen molar-refractivity contribution < 1.29 is 37.6 Å². The molecule has 302 valence electrons. The van der Waals surface area contributed by atoms with Gasteiger partial charge in [-0.25, -0.2) is 4.57 Å². The van der Waals surface area contributed by atoms with Gasteiger partial charge >= 0.3 is 19.8 Å². The monoisotopic (exact) mass is 761 g/mol. The number of esters is 2. The Morgan fingerprint density at radius 1 is 0.585 bits per heavy atom. The number of hydrogen-bond donors (Lipinski definition) is 1. The van der Waals surface area contributed by atoms with E-state index in [9.17, 15) is 19.0 Å². The molecule has 0 bridgehead atoms. The van der Waals surface area contributed by atoms with Gasteiger partial charge in [-0.2, -0.15) is 0 Å². The van der Waals surface area contributed by atoms with Crippen molar-refractivity contribution in [3.63, 3.8) is 0 Å². The van der Waals surface area contributed by atoms with Crippen molar-refractivity contribution in [2.24, 2.45) is 0 Å². The van der Waals surface area contributed by atoms with Gasteiger partial charge in [0.05, 0.1) is 13.2 Å². The van der Waals surface area contributed by atoms with Crippen LogP contribution in [0.15, 0.2) is 85.1 Å². The molecule has 10 heteroatoms. The summed E-state index contributed by atoms with van der Waals surface area (Å²) >= 11 is 0. The summed E-state index contributed by atoms with van der Waals surface area (Å²) in [4.78, 5) is 36.9. The highest BCUT2D eigenvalue weighted by molar-refractivity contribution is 7.47. The Morgan fingerprint density at radius 2 is 1.02 bits per heavy atom. The van der Waals surface area contributed by atoms with E-state index >= 15 is 0 Å². The number of likely N-dealkylation sites (N-methyl/N-ethyl adjacent to an activating group) is 1. The summed E-state index contributed by atoms with van der Waals surface area (Å²) in [5.74, 6) is -0.883. The maximum atomic E-state index is 12.6. The van der Waals surface area contributed by atoms with Crippen molar-refractivity contribution in [2.75, 3.05) is 40.5 Å². The summed E-state index contributed by atoms with van der Waals surface area (Å²) in [6, 6.07) is 0. The standard InChI is InChI=1S/C43H72NO8P/c1-5-7-9-11-13-15-17-19-21-23-25-27-29-31-33-35-42(45)49-39-41(40-51-53(47,48)50-38-37-44(3)4)52-43(46)36-34-32-30-28-26-24-22-20-18-16-14-12-10-8-6-2/h7-10,13-16,19-22,26,28,41H,5-6,11-12,17-18,23-25,27,29-40H2,1-4H3,(H,47,48)/b9-7-,10-8-,15-13-,16-14-,21-19-,22-20-,28-26-. The highest BCUT2D eigenvalue weighted by atomic mass is 31.2. The second-order valence-electron chi connectivity index (χ2n) is 13.0. The third-order valence-electron chi connectivity index (χ3n) is 7.70. The second kappa shape index (κ2) is 37.5. The summed E-state index contributed by atoms with van der Waals surface area (Å²) < 4.78 is 33.3. The van der Waals surface area contributed by atoms with Crippen LogP contribution >= 0.6 is 7.82 Å². The number of carbonyl (C=O) groups excluding carboxylic acids is 2. The molecule has 0 saturated carbocycles. The van der Waals surface area contributed by atoms with Crippen molar-refractivity contribution in [1.82, 2.24) is 4.90 Å². The molecule has 0 aliphatic heterocycles. The summed E-state index contributed by atoms with van der Waals surface area (Å²) in [7, 11) is -0.754. The van der Waals surface area contributed by atoms with Crippen LogP contribution in [0.5, 0.6) is 0 Å². The van der Waals surface area contributed by atoms with E-state index in [1.165, 1.54) is 0 Å². The average Bonchev–Trinajstić information content (AvgIpc) is 3.12. The molecule has 0 rings (SSSR count). The van der Waals surface area contributed by atoms with Gasteiger partial charge in [-0.3, -0.25) is 18.6 Å². The number of nitrogens with zero attached hydrogens (tertiary/aromatic N) is 1. The molecule has 0 aromatic heterocycles. The van der Waals surface area contributed by atoms with Crippen molar-refractivity contribution in [1.29, 1.82) is 0 Å². The molecule has 0 aromatic rings. The van der Waals surface area contributed by atoms with E-state index in [1.807, 2.05) is 14.1 Å². The lowest BCUT2D eigenvalue weighted by Crippen LogP contribution is -2.29. The van der Waals surface area contributed by atoms with Gasteiger partial charge in [0, 0.05) is 19.4 Å². The van der Waals surface area contributed by atoms with Crippen LogP contribution in [0.2, 0.25) is 0 Å². The molecular formula is C43H72NO8P. The predicted molar refractivity (Wildman–Crippen MR) is 220 cm³/mol. The topological polar surface area (TPSA) is 112 Å². The SMILES string of the molecule is CC/C=C\C/C=C\C/C=C\C/C=C\CCCCC(=O)OC(COC(=O)CCCCCCC/C=C\C/C=C\C/C=C\CC)COP(=O)(O)OCCN(C)C. The summed E-state index contributed by atoms with van der Waals surface area (Å²) in [6.07, 6.45) is 44.9. The molecular weight excluding hydrogens is 689 g/mol. The molecule has 53 heavy (non-hydrogen) atoms. The van der Waals surface area contributed by atoms with Crippen molar-refractivity contribution >= 4 is 19.8 Å². The van der Waals surface area contributed by atoms with Gasteiger partial charge in [-0.05, 0) is 97.6 Å². The summed E-state index contributed by atoms with van der Waals surface area (Å²) in [5, 5.41) is 0. The number of unbranched alkanes of at least 4 members (excludes halogenated alkanes) is 7. The number of phosphoric acid groups is 1. The van der Waals surface area contributed by atoms with E-state index in [4.69, 9.17) is 18.5 Å². The summed E-state index contributed by atoms with van der Waals surface area (Å²) in [6.45, 7) is 3.99. The molecule has 0 saturated heterocycles. The van der Waals surface area contributed by atoms with Crippen LogP contribution in [0.25, 0.3) is 0 Å². The molecule has 0 fully saturated rings. The van der Waals surface area contributed by atoms with E-state index in [-0.39, 0.29) is 26.1 Å². The molecule has 0 aliphatic rings. The molecule has 0 spiro atoms. The number of carbonyl (C=O) groups is 2. The molecule has 0 heterocycles. The summed E-state index contributed by atoms with van der Waals surface area (Å²) in [5.41, 5.74) is 0. The first-order chi connectivity index (χ1) is 25.7. The van der Waals surface area contributed by atoms with Crippen LogP contribution in [0, 0.1) is 0 Å². The Kier molecular flexibility index (Phi) is 35.5. The van der Waals surface area contributed by atoms with Crippen LogP contribution in [0.3, 0.4) is 0 Å². The molecule has 2 unspecified atom stereocenters. The first-order valence-corrected chi connectivity index (χ1v) is 21.4. The Hall–Kier alpha value is -2.81. The first-order valence-electron chi connectivity index (χ1n) is 19.9. The third kappa shape index (κ3) is 38.7. The maximum Gasteiger partial charge on any atom is 0.472 e. The van der Waals surface area contributed by atoms with Crippen LogP contribution in [0.4, 0.5) is 0 Å². The largest absolute Gasteiger partial charge is 0.472 e. The molecule has 9 nitrogen and oxygen atoms in total. The zero-order valence-electron chi connectivity index (χ0n) is 33.4. The fourth-order valence-corrected chi connectivity index (χ4v) is 5.43. The van der Waals surface area contributed by atoms with Gasteiger partial charge in [0.2, 0.25) is 0 Å². The van der Waals surface area contributed by atoms with Gasteiger partial charge in [-0.15, -0.1) is 0 Å². The minimum absolute atomic E-state index is 0.00871. The lowest BCUT2D eigenvalue weighted by atomic mass is 10.1. The Morgan fingerprint density at radius 3 is 1.55 bits per heavy atom. The predicted octanol–water partition coefficient (Wildman–Crippen LogP) is 11.1. The molecule has 0 amide bonds. The number of phosphoric ester groups is 1. The zero-order valence-corrected chi connectivity index (χ0v) is 34.3. The quantitative estimate of drug-likeness (QED) is 0.0292. The van der Waals surface area contributed by atoms with Gasteiger partial charge < -0.3 is 19.3 Å². The van der Waals surface area contributed by atoms with Gasteiger partial charge in [0.25, 0.3) is 0 Å². The lowest BCUT2D eigenvalue weighted by molar-refractivity contribution is -0.161. The van der Waals surface area contributed by atoms with E-state index in [0.717, 1.165) is 89.9 Å². The minimum atomic E-state index is -4.38. The number of hydrogen-bond acceptors (Lipinski definition) is 8. The highest BCUT2D eigenvalue weighted by Crippen LogP contribution is 2.43. The van der Waals surface area contributed by atoms with Crippen LogP contribution < -0.4 is 0 Å². The van der Waals surface area contributed by atoms with Gasteiger partial charge in [0.15, 0.2) is 6.10 Å². The van der Waals surface area contributed by atoms with Crippen molar-refractivity contribution in [2.45, 2.75) is 136 Å². The Bertz CT molecular complexity index is 1150. The zero-order chi connectivity index (χ0) is 39.1. The second-order valence-corrected chi connectivity index (χ2v) is 14.5. The first kappa shape index (κ1) is 50.2. The normalized spacial score (nSPS) is 14.4. The van der Waals surface area contributed by atoms with Crippen LogP contribution in [-0.4, -0.2) is 68.3 Å². The average molecular weight is 762 g/mol. The van der Waals surface area contributed by atoms with E-state index in [1.54, 1.807) is 4.90 Å². The van der Waals surface area contributed by atoms with E-state index in [2.05, 4.69) is 98.9 Å². The fourth-order valence-electron chi connectivity index (χ4n) is 4.69. The maximum absolute atomic E-state index is 12.6. The Balaban J connectivity index is 4.46. The van der Waals surface area contributed by atoms with E-state index < -0.39 is 32.5 Å². The Labute approximate surface area is 322 Å². The molecule has 2 atom stereocenters. The molecule has 0 radical (unpaired) electrons. The number of ether oxygens (including phenoxy) is 2. The van der Waals surface area contributed by atoms with Crippen molar-refractivity contribution in [3.8, 4) is 0 Å². The number of allylic oxidation sites excluding steroid dienone is 14. The fraction of sp³-hybridized carbons (Fsp3) is 0.628. The lowest BCUT2D eigenvalue weighted by Gasteiger charge is -2.20. The van der Waals surface area contributed by atoms with E-state index in [0.29, 0.717) is 19.4 Å². The van der Waals surface area contributed by atoms with Crippen molar-refractivity contribution in [3.05, 3.63) is 85.1 Å². The highest BCUT2D eigenvalue weighted by Gasteiger charge is 2.26. The van der Waals surface area contributed by atoms with Gasteiger partial charge in [-0.1, -0.05) is 118 Å². The van der Waals surface area contributed by atoms with Crippen LogP contribution in [-0.2, 0) is 32.7 Å². The smallest absolute Gasteiger partial charge is 0.462 e.